The van der Waals surface area contributed by atoms with Crippen LogP contribution < -0.4 is 10.6 Å². The molecule has 0 fully saturated rings. The third kappa shape index (κ3) is 4.32. The number of hydrogen-bond donors (Lipinski definition) is 1. The largest absolute Gasteiger partial charge is 0.295 e. The molecule has 0 saturated heterocycles. The Kier molecular flexibility index (Phi) is 6.62. The predicted molar refractivity (Wildman–Crippen MR) is 136 cm³/mol. The molecule has 2 heterocycles. The number of benzene rings is 2. The molecule has 0 saturated carbocycles. The monoisotopic (exact) mass is 562 g/mol. The minimum atomic E-state index is -0.507. The molecule has 0 bridgehead atoms. The lowest BCUT2D eigenvalue weighted by Crippen LogP contribution is -2.22. The first-order chi connectivity index (χ1) is 15.5. The minimum Gasteiger partial charge on any atom is -0.295 e. The van der Waals surface area contributed by atoms with Gasteiger partial charge in [0.2, 0.25) is 0 Å². The smallest absolute Gasteiger partial charge is 0.280 e. The van der Waals surface area contributed by atoms with Gasteiger partial charge in [-0.15, -0.1) is 0 Å². The van der Waals surface area contributed by atoms with Gasteiger partial charge in [-0.1, -0.05) is 69.6 Å². The van der Waals surface area contributed by atoms with Gasteiger partial charge in [0.15, 0.2) is 0 Å². The van der Waals surface area contributed by atoms with Crippen LogP contribution in [0.15, 0.2) is 39.7 Å². The standard InChI is InChI=1S/C21H12Cl6N4O2/c1-8-12(20(32)30(28-8)18-14(24)3-10(22)4-15(18)25)7-13-9(2)29-31(21(13)33)19-16(26)5-11(23)6-17(19)27/h3-7,28H,1-2H3/b13-7-. The highest BCUT2D eigenvalue weighted by atomic mass is 35.5. The molecule has 0 spiro atoms. The van der Waals surface area contributed by atoms with Crippen LogP contribution in [0.2, 0.25) is 30.1 Å². The van der Waals surface area contributed by atoms with Gasteiger partial charge in [-0.05, 0) is 44.2 Å². The first-order valence-electron chi connectivity index (χ1n) is 9.22. The van der Waals surface area contributed by atoms with Crippen molar-refractivity contribution < 1.29 is 4.79 Å². The zero-order chi connectivity index (χ0) is 24.2. The Bertz CT molecular complexity index is 1410. The third-order valence-corrected chi connectivity index (χ3v) is 6.46. The van der Waals surface area contributed by atoms with Gasteiger partial charge in [-0.2, -0.15) is 10.1 Å². The van der Waals surface area contributed by atoms with Crippen molar-refractivity contribution in [2.75, 3.05) is 5.01 Å². The summed E-state index contributed by atoms with van der Waals surface area (Å²) in [6.45, 7) is 3.31. The van der Waals surface area contributed by atoms with Crippen molar-refractivity contribution in [3.05, 3.63) is 81.6 Å². The summed E-state index contributed by atoms with van der Waals surface area (Å²) >= 11 is 37.0. The summed E-state index contributed by atoms with van der Waals surface area (Å²) in [4.78, 5) is 26.4. The van der Waals surface area contributed by atoms with Crippen molar-refractivity contribution in [1.29, 1.82) is 0 Å². The Morgan fingerprint density at radius 1 is 0.818 bits per heavy atom. The second-order valence-corrected chi connectivity index (χ2v) is 9.59. The fraction of sp³-hybridized carbons (Fsp3) is 0.0952. The maximum Gasteiger partial charge on any atom is 0.280 e. The van der Waals surface area contributed by atoms with Crippen molar-refractivity contribution in [2.24, 2.45) is 5.10 Å². The van der Waals surface area contributed by atoms with Gasteiger partial charge < -0.3 is 0 Å². The molecule has 0 radical (unpaired) electrons. The van der Waals surface area contributed by atoms with E-state index in [1.54, 1.807) is 13.8 Å². The van der Waals surface area contributed by atoms with E-state index in [1.807, 2.05) is 0 Å². The highest BCUT2D eigenvalue weighted by molar-refractivity contribution is 6.44. The number of carbonyl (C=O) groups is 1. The Labute approximate surface area is 217 Å². The number of H-pyrrole nitrogens is 1. The molecule has 6 nitrogen and oxygen atoms in total. The molecule has 1 amide bonds. The molecule has 2 aromatic carbocycles. The molecule has 170 valence electrons. The first kappa shape index (κ1) is 24.2. The average Bonchev–Trinajstić information content (AvgIpc) is 3.11. The predicted octanol–water partition coefficient (Wildman–Crippen LogP) is 7.20. The summed E-state index contributed by atoms with van der Waals surface area (Å²) < 4.78 is 1.19. The highest BCUT2D eigenvalue weighted by Gasteiger charge is 2.32. The maximum absolute atomic E-state index is 13.2. The van der Waals surface area contributed by atoms with Gasteiger partial charge in [0, 0.05) is 15.7 Å². The Balaban J connectivity index is 1.80. The molecule has 1 aliphatic rings. The van der Waals surface area contributed by atoms with Gasteiger partial charge in [0.05, 0.1) is 36.9 Å². The molecule has 0 aliphatic carbocycles. The van der Waals surface area contributed by atoms with Crippen LogP contribution in [0, 0.1) is 6.92 Å². The maximum atomic E-state index is 13.2. The normalized spacial score (nSPS) is 15.0. The summed E-state index contributed by atoms with van der Waals surface area (Å²) in [5.74, 6) is -0.507. The number of nitrogens with zero attached hydrogens (tertiary/aromatic N) is 3. The molecule has 4 rings (SSSR count). The van der Waals surface area contributed by atoms with E-state index < -0.39 is 11.5 Å². The molecule has 0 atom stereocenters. The summed E-state index contributed by atoms with van der Waals surface area (Å²) in [6, 6.07) is 5.86. The molecular weight excluding hydrogens is 553 g/mol. The first-order valence-corrected chi connectivity index (χ1v) is 11.5. The lowest BCUT2D eigenvalue weighted by atomic mass is 10.1. The van der Waals surface area contributed by atoms with Crippen LogP contribution in [0.5, 0.6) is 0 Å². The number of hydrogen-bond acceptors (Lipinski definition) is 3. The Morgan fingerprint density at radius 2 is 1.30 bits per heavy atom. The van der Waals surface area contributed by atoms with Crippen LogP contribution in [-0.2, 0) is 4.79 Å². The molecule has 0 unspecified atom stereocenters. The zero-order valence-corrected chi connectivity index (χ0v) is 21.3. The molecule has 12 heteroatoms. The summed E-state index contributed by atoms with van der Waals surface area (Å²) in [7, 11) is 0. The van der Waals surface area contributed by atoms with Gasteiger partial charge in [-0.3, -0.25) is 14.7 Å². The fourth-order valence-corrected chi connectivity index (χ4v) is 5.32. The van der Waals surface area contributed by atoms with E-state index in [0.717, 1.165) is 5.01 Å². The lowest BCUT2D eigenvalue weighted by molar-refractivity contribution is -0.114. The fourth-order valence-electron chi connectivity index (χ4n) is 3.35. The van der Waals surface area contributed by atoms with Crippen LogP contribution in [0.3, 0.4) is 0 Å². The SMILES string of the molecule is CC1=NN(c2c(Cl)cc(Cl)cc2Cl)C(=O)/C1=C\c1c(C)[nH]n(-c2c(Cl)cc(Cl)cc2Cl)c1=O. The second kappa shape index (κ2) is 9.02. The average molecular weight is 565 g/mol. The van der Waals surface area contributed by atoms with E-state index in [0.29, 0.717) is 21.5 Å². The van der Waals surface area contributed by atoms with Crippen molar-refractivity contribution in [1.82, 2.24) is 9.78 Å². The number of anilines is 1. The minimum absolute atomic E-state index is 0.158. The van der Waals surface area contributed by atoms with Crippen LogP contribution in [0.25, 0.3) is 11.8 Å². The molecular formula is C21H12Cl6N4O2. The topological polar surface area (TPSA) is 70.5 Å². The number of aromatic nitrogens is 2. The van der Waals surface area contributed by atoms with Crippen molar-refractivity contribution in [3.8, 4) is 5.69 Å². The lowest BCUT2D eigenvalue weighted by Gasteiger charge is -2.15. The van der Waals surface area contributed by atoms with Gasteiger partial charge in [0.1, 0.15) is 11.4 Å². The molecule has 1 aliphatic heterocycles. The Hall–Kier alpha value is -1.93. The van der Waals surface area contributed by atoms with E-state index >= 15 is 0 Å². The summed E-state index contributed by atoms with van der Waals surface area (Å²) in [6.07, 6.45) is 1.45. The van der Waals surface area contributed by atoms with Crippen LogP contribution in [-0.4, -0.2) is 21.4 Å². The van der Waals surface area contributed by atoms with Gasteiger partial charge in [0.25, 0.3) is 11.5 Å². The number of hydrazone groups is 1. The van der Waals surface area contributed by atoms with E-state index in [-0.39, 0.29) is 42.6 Å². The van der Waals surface area contributed by atoms with Gasteiger partial charge in [-0.25, -0.2) is 4.68 Å². The Morgan fingerprint density at radius 3 is 1.82 bits per heavy atom. The van der Waals surface area contributed by atoms with Crippen molar-refractivity contribution in [3.63, 3.8) is 0 Å². The second-order valence-electron chi connectivity index (χ2n) is 7.09. The van der Waals surface area contributed by atoms with Crippen LogP contribution >= 0.6 is 69.6 Å². The molecule has 3 aromatic rings. The quantitative estimate of drug-likeness (QED) is 0.342. The van der Waals surface area contributed by atoms with E-state index in [2.05, 4.69) is 10.2 Å². The number of halogens is 6. The van der Waals surface area contributed by atoms with E-state index in [9.17, 15) is 9.59 Å². The van der Waals surface area contributed by atoms with Crippen LogP contribution in [0.4, 0.5) is 5.69 Å². The van der Waals surface area contributed by atoms with E-state index in [4.69, 9.17) is 69.6 Å². The van der Waals surface area contributed by atoms with Crippen molar-refractivity contribution in [2.45, 2.75) is 13.8 Å². The third-order valence-electron chi connectivity index (χ3n) is 4.87. The van der Waals surface area contributed by atoms with E-state index in [1.165, 1.54) is 35.0 Å². The number of aromatic amines is 1. The molecule has 33 heavy (non-hydrogen) atoms. The number of nitrogens with one attached hydrogen (secondary N) is 1. The highest BCUT2D eigenvalue weighted by Crippen LogP contribution is 2.39. The zero-order valence-electron chi connectivity index (χ0n) is 16.8. The summed E-state index contributed by atoms with van der Waals surface area (Å²) in [5.41, 5.74) is 1.24. The number of carbonyl (C=O) groups excluding carboxylic acids is 1. The number of amides is 1. The summed E-state index contributed by atoms with van der Waals surface area (Å²) in [5, 5.41) is 9.61. The molecule has 1 aromatic heterocycles. The van der Waals surface area contributed by atoms with Crippen LogP contribution in [0.1, 0.15) is 18.2 Å². The number of aryl methyl sites for hydroxylation is 1. The van der Waals surface area contributed by atoms with Crippen molar-refractivity contribution >= 4 is 93.0 Å². The number of rotatable bonds is 3. The van der Waals surface area contributed by atoms with Gasteiger partial charge >= 0.3 is 0 Å². The molecule has 1 N–H and O–H groups in total.